The maximum absolute atomic E-state index is 9.69. The average molecular weight is 344 g/mol. The molecule has 2 aromatic rings. The van der Waals surface area contributed by atoms with E-state index < -0.39 is 0 Å². The summed E-state index contributed by atoms with van der Waals surface area (Å²) in [5.74, 6) is 1.18. The van der Waals surface area contributed by atoms with E-state index in [9.17, 15) is 5.11 Å². The highest BCUT2D eigenvalue weighted by atomic mass is 32.1. The van der Waals surface area contributed by atoms with Gasteiger partial charge in [0, 0.05) is 13.1 Å². The zero-order chi connectivity index (χ0) is 16.9. The molecule has 0 amide bonds. The van der Waals surface area contributed by atoms with Crippen molar-refractivity contribution in [2.24, 2.45) is 5.92 Å². The molecule has 5 nitrogen and oxygen atoms in total. The maximum atomic E-state index is 9.69. The predicted octanol–water partition coefficient (Wildman–Crippen LogP) is 3.16. The Kier molecular flexibility index (Phi) is 5.60. The van der Waals surface area contributed by atoms with Crippen LogP contribution in [0.2, 0.25) is 0 Å². The molecule has 2 N–H and O–H groups in total. The number of aromatic amines is 1. The SMILES string of the molecule is CC(O)C1CCN(Cn2[nH]c(/C=C/c3ccccc3)nc2=S)CC1. The van der Waals surface area contributed by atoms with Gasteiger partial charge in [-0.05, 0) is 49.5 Å². The molecule has 1 aliphatic rings. The molecular weight excluding hydrogens is 320 g/mol. The quantitative estimate of drug-likeness (QED) is 0.818. The molecule has 3 rings (SSSR count). The lowest BCUT2D eigenvalue weighted by Gasteiger charge is -2.33. The summed E-state index contributed by atoms with van der Waals surface area (Å²) in [6.07, 6.45) is 5.81. The maximum Gasteiger partial charge on any atom is 0.217 e. The van der Waals surface area contributed by atoms with Crippen LogP contribution >= 0.6 is 12.2 Å². The lowest BCUT2D eigenvalue weighted by molar-refractivity contribution is 0.0592. The van der Waals surface area contributed by atoms with Gasteiger partial charge in [0.05, 0.1) is 12.8 Å². The first-order valence-corrected chi connectivity index (χ1v) is 8.83. The van der Waals surface area contributed by atoms with Crippen molar-refractivity contribution >= 4 is 24.4 Å². The number of benzene rings is 1. The van der Waals surface area contributed by atoms with Gasteiger partial charge in [-0.25, -0.2) is 4.68 Å². The second-order valence-corrected chi connectivity index (χ2v) is 6.77. The molecule has 1 unspecified atom stereocenters. The van der Waals surface area contributed by atoms with Crippen LogP contribution in [0.15, 0.2) is 30.3 Å². The fourth-order valence-corrected chi connectivity index (χ4v) is 3.26. The van der Waals surface area contributed by atoms with Crippen LogP contribution in [0, 0.1) is 10.7 Å². The summed E-state index contributed by atoms with van der Waals surface area (Å²) in [5.41, 5.74) is 1.13. The van der Waals surface area contributed by atoms with Gasteiger partial charge in [0.25, 0.3) is 0 Å². The summed E-state index contributed by atoms with van der Waals surface area (Å²) < 4.78 is 2.48. The van der Waals surface area contributed by atoms with Gasteiger partial charge in [0.1, 0.15) is 5.82 Å². The van der Waals surface area contributed by atoms with Crippen molar-refractivity contribution in [2.75, 3.05) is 13.1 Å². The Morgan fingerprint density at radius 1 is 1.29 bits per heavy atom. The smallest absolute Gasteiger partial charge is 0.217 e. The number of nitrogens with one attached hydrogen (secondary N) is 1. The van der Waals surface area contributed by atoms with Gasteiger partial charge in [0.15, 0.2) is 0 Å². The van der Waals surface area contributed by atoms with E-state index in [0.717, 1.165) is 44.0 Å². The van der Waals surface area contributed by atoms with Crippen LogP contribution < -0.4 is 0 Å². The molecule has 0 saturated carbocycles. The van der Waals surface area contributed by atoms with E-state index in [1.165, 1.54) is 0 Å². The number of hydrogen-bond donors (Lipinski definition) is 2. The molecule has 6 heteroatoms. The Balaban J connectivity index is 1.61. The zero-order valence-electron chi connectivity index (χ0n) is 13.9. The zero-order valence-corrected chi connectivity index (χ0v) is 14.7. The van der Waals surface area contributed by atoms with Crippen molar-refractivity contribution in [3.8, 4) is 0 Å². The van der Waals surface area contributed by atoms with Gasteiger partial charge >= 0.3 is 0 Å². The molecule has 0 radical (unpaired) electrons. The number of aliphatic hydroxyl groups excluding tert-OH is 1. The van der Waals surface area contributed by atoms with Crippen molar-refractivity contribution in [3.63, 3.8) is 0 Å². The van der Waals surface area contributed by atoms with E-state index in [4.69, 9.17) is 12.2 Å². The molecule has 1 aliphatic heterocycles. The fourth-order valence-electron chi connectivity index (χ4n) is 3.06. The summed E-state index contributed by atoms with van der Waals surface area (Å²) in [5, 5.41) is 12.9. The molecule has 2 heterocycles. The Bertz CT molecular complexity index is 727. The van der Waals surface area contributed by atoms with Crippen LogP contribution in [0.25, 0.3) is 12.2 Å². The average Bonchev–Trinajstić information content (AvgIpc) is 2.94. The second kappa shape index (κ2) is 7.88. The highest BCUT2D eigenvalue weighted by molar-refractivity contribution is 7.71. The van der Waals surface area contributed by atoms with Gasteiger partial charge in [-0.1, -0.05) is 36.4 Å². The summed E-state index contributed by atoms with van der Waals surface area (Å²) >= 11 is 5.36. The third kappa shape index (κ3) is 4.41. The van der Waals surface area contributed by atoms with Gasteiger partial charge in [-0.15, -0.1) is 0 Å². The summed E-state index contributed by atoms with van der Waals surface area (Å²) in [4.78, 5) is 6.75. The largest absolute Gasteiger partial charge is 0.393 e. The second-order valence-electron chi connectivity index (χ2n) is 6.40. The van der Waals surface area contributed by atoms with Crippen molar-refractivity contribution in [3.05, 3.63) is 46.5 Å². The monoisotopic (exact) mass is 344 g/mol. The summed E-state index contributed by atoms with van der Waals surface area (Å²) in [7, 11) is 0. The summed E-state index contributed by atoms with van der Waals surface area (Å²) in [6.45, 7) is 4.56. The normalized spacial score (nSPS) is 18.2. The predicted molar refractivity (Wildman–Crippen MR) is 98.8 cm³/mol. The van der Waals surface area contributed by atoms with Gasteiger partial charge < -0.3 is 5.11 Å². The molecule has 24 heavy (non-hydrogen) atoms. The molecule has 0 aliphatic carbocycles. The van der Waals surface area contributed by atoms with E-state index in [-0.39, 0.29) is 6.10 Å². The topological polar surface area (TPSA) is 57.1 Å². The van der Waals surface area contributed by atoms with Crippen LogP contribution in [0.5, 0.6) is 0 Å². The van der Waals surface area contributed by atoms with E-state index in [1.807, 2.05) is 42.0 Å². The molecule has 1 atom stereocenters. The van der Waals surface area contributed by atoms with E-state index in [2.05, 4.69) is 27.1 Å². The minimum atomic E-state index is -0.212. The highest BCUT2D eigenvalue weighted by Crippen LogP contribution is 2.20. The first-order valence-electron chi connectivity index (χ1n) is 8.42. The Morgan fingerprint density at radius 3 is 2.67 bits per heavy atom. The van der Waals surface area contributed by atoms with Gasteiger partial charge in [-0.3, -0.25) is 10.00 Å². The number of piperidine rings is 1. The third-order valence-electron chi connectivity index (χ3n) is 4.59. The molecule has 0 bridgehead atoms. The Hall–Kier alpha value is -1.76. The number of likely N-dealkylation sites (tertiary alicyclic amines) is 1. The Labute approximate surface area is 147 Å². The number of aromatic nitrogens is 3. The number of H-pyrrole nitrogens is 1. The van der Waals surface area contributed by atoms with Crippen molar-refractivity contribution in [1.29, 1.82) is 0 Å². The summed E-state index contributed by atoms with van der Waals surface area (Å²) in [6, 6.07) is 10.1. The van der Waals surface area contributed by atoms with Gasteiger partial charge in [0.2, 0.25) is 4.77 Å². The molecule has 1 fully saturated rings. The van der Waals surface area contributed by atoms with Crippen LogP contribution in [-0.4, -0.2) is 44.0 Å². The highest BCUT2D eigenvalue weighted by Gasteiger charge is 2.22. The van der Waals surface area contributed by atoms with Crippen LogP contribution in [0.4, 0.5) is 0 Å². The molecule has 1 aromatic carbocycles. The lowest BCUT2D eigenvalue weighted by atomic mass is 9.92. The molecule has 1 saturated heterocycles. The number of aliphatic hydroxyl groups is 1. The first kappa shape index (κ1) is 17.1. The third-order valence-corrected chi connectivity index (χ3v) is 4.90. The first-order chi connectivity index (χ1) is 11.6. The van der Waals surface area contributed by atoms with Crippen molar-refractivity contribution < 1.29 is 5.11 Å². The number of nitrogens with zero attached hydrogens (tertiary/aromatic N) is 3. The van der Waals surface area contributed by atoms with E-state index >= 15 is 0 Å². The van der Waals surface area contributed by atoms with Crippen molar-refractivity contribution in [1.82, 2.24) is 19.7 Å². The number of rotatable bonds is 5. The Morgan fingerprint density at radius 2 is 2.00 bits per heavy atom. The van der Waals surface area contributed by atoms with E-state index in [0.29, 0.717) is 10.7 Å². The standard InChI is InChI=1S/C18H24N4OS/c1-14(23)16-9-11-21(12-10-16)13-22-18(24)19-17(20-22)8-7-15-5-3-2-4-6-15/h2-8,14,16,23H,9-13H2,1H3,(H,19,20,24)/b8-7+. The lowest BCUT2D eigenvalue weighted by Crippen LogP contribution is -2.38. The minimum Gasteiger partial charge on any atom is -0.393 e. The van der Waals surface area contributed by atoms with Crippen LogP contribution in [-0.2, 0) is 6.67 Å². The van der Waals surface area contributed by atoms with Gasteiger partial charge in [-0.2, -0.15) is 4.98 Å². The van der Waals surface area contributed by atoms with E-state index in [1.54, 1.807) is 0 Å². The molecule has 128 valence electrons. The molecule has 1 aromatic heterocycles. The van der Waals surface area contributed by atoms with Crippen molar-refractivity contribution in [2.45, 2.75) is 32.5 Å². The number of hydrogen-bond acceptors (Lipinski definition) is 4. The fraction of sp³-hybridized carbons (Fsp3) is 0.444. The molecular formula is C18H24N4OS. The molecule has 0 spiro atoms. The minimum absolute atomic E-state index is 0.212. The van der Waals surface area contributed by atoms with Crippen LogP contribution in [0.3, 0.4) is 0 Å². The van der Waals surface area contributed by atoms with Crippen LogP contribution in [0.1, 0.15) is 31.2 Å².